The van der Waals surface area contributed by atoms with E-state index in [2.05, 4.69) is 10.6 Å². The minimum Gasteiger partial charge on any atom is -0.454 e. The normalized spacial score (nSPS) is 14.0. The maximum absolute atomic E-state index is 13.3. The van der Waals surface area contributed by atoms with Gasteiger partial charge in [0, 0.05) is 18.8 Å². The molecule has 0 aliphatic carbocycles. The van der Waals surface area contributed by atoms with Gasteiger partial charge >= 0.3 is 0 Å². The highest BCUT2D eigenvalue weighted by atomic mass is 16.7. The van der Waals surface area contributed by atoms with Gasteiger partial charge in [-0.05, 0) is 30.9 Å². The fourth-order valence-electron chi connectivity index (χ4n) is 4.31. The molecule has 9 nitrogen and oxygen atoms in total. The standard InChI is InChI=1S/C27H31N3O6/c1-4-30-13-20(25(32)19-11-22-23(12-21(19)30)36-15-35-22)26(33)29-24(16(2)3)27(34)28-18(14-31)10-17-8-6-5-7-9-17/h5-9,11-13,16,18,24,31H,4,10,14-15H2,1-3H3,(H,28,34)(H,29,33)/t18-,24-/m0/s1. The zero-order valence-corrected chi connectivity index (χ0v) is 20.6. The van der Waals surface area contributed by atoms with Crippen molar-refractivity contribution in [3.8, 4) is 11.5 Å². The summed E-state index contributed by atoms with van der Waals surface area (Å²) in [5.74, 6) is -0.320. The molecule has 0 unspecified atom stereocenters. The molecule has 4 rings (SSSR count). The molecule has 0 spiro atoms. The Morgan fingerprint density at radius 2 is 1.78 bits per heavy atom. The van der Waals surface area contributed by atoms with Crippen LogP contribution < -0.4 is 25.5 Å². The van der Waals surface area contributed by atoms with Crippen molar-refractivity contribution in [2.75, 3.05) is 13.4 Å². The molecular weight excluding hydrogens is 462 g/mol. The highest BCUT2D eigenvalue weighted by Crippen LogP contribution is 2.35. The quantitative estimate of drug-likeness (QED) is 0.421. The van der Waals surface area contributed by atoms with Gasteiger partial charge in [0.15, 0.2) is 11.5 Å². The number of amides is 2. The minimum atomic E-state index is -0.899. The third-order valence-electron chi connectivity index (χ3n) is 6.29. The van der Waals surface area contributed by atoms with Crippen LogP contribution in [0.2, 0.25) is 0 Å². The van der Waals surface area contributed by atoms with Gasteiger partial charge in [-0.1, -0.05) is 44.2 Å². The molecule has 0 radical (unpaired) electrons. The molecule has 0 bridgehead atoms. The highest BCUT2D eigenvalue weighted by Gasteiger charge is 2.28. The zero-order valence-electron chi connectivity index (χ0n) is 20.6. The molecule has 0 saturated carbocycles. The summed E-state index contributed by atoms with van der Waals surface area (Å²) in [5.41, 5.74) is 1.09. The Bertz CT molecular complexity index is 1320. The summed E-state index contributed by atoms with van der Waals surface area (Å²) in [4.78, 5) is 39.7. The average molecular weight is 494 g/mol. The molecule has 3 aromatic rings. The van der Waals surface area contributed by atoms with Crippen molar-refractivity contribution in [3.05, 3.63) is 70.0 Å². The van der Waals surface area contributed by atoms with E-state index in [0.717, 1.165) is 5.56 Å². The van der Waals surface area contributed by atoms with E-state index >= 15 is 0 Å². The molecule has 0 fully saturated rings. The van der Waals surface area contributed by atoms with Gasteiger partial charge in [0.1, 0.15) is 11.6 Å². The van der Waals surface area contributed by atoms with E-state index in [4.69, 9.17) is 9.47 Å². The van der Waals surface area contributed by atoms with Crippen LogP contribution in [-0.4, -0.2) is 47.0 Å². The number of fused-ring (bicyclic) bond motifs is 2. The first-order valence-electron chi connectivity index (χ1n) is 12.0. The van der Waals surface area contributed by atoms with Crippen LogP contribution in [0.3, 0.4) is 0 Å². The van der Waals surface area contributed by atoms with Crippen molar-refractivity contribution < 1.29 is 24.2 Å². The van der Waals surface area contributed by atoms with E-state index in [1.54, 1.807) is 30.5 Å². The lowest BCUT2D eigenvalue weighted by Crippen LogP contribution is -2.53. The van der Waals surface area contributed by atoms with Crippen molar-refractivity contribution in [2.45, 2.75) is 45.8 Å². The molecule has 2 aromatic carbocycles. The third-order valence-corrected chi connectivity index (χ3v) is 6.29. The predicted molar refractivity (Wildman–Crippen MR) is 135 cm³/mol. The summed E-state index contributed by atoms with van der Waals surface area (Å²) in [7, 11) is 0. The van der Waals surface area contributed by atoms with Crippen molar-refractivity contribution in [1.29, 1.82) is 0 Å². The number of hydrogen-bond acceptors (Lipinski definition) is 6. The van der Waals surface area contributed by atoms with Crippen LogP contribution >= 0.6 is 0 Å². The maximum Gasteiger partial charge on any atom is 0.257 e. The van der Waals surface area contributed by atoms with Gasteiger partial charge in [0.05, 0.1) is 23.6 Å². The summed E-state index contributed by atoms with van der Waals surface area (Å²) in [5, 5.41) is 15.7. The van der Waals surface area contributed by atoms with Crippen molar-refractivity contribution in [2.24, 2.45) is 5.92 Å². The Labute approximate surface area is 209 Å². The van der Waals surface area contributed by atoms with Gasteiger partial charge in [-0.3, -0.25) is 14.4 Å². The lowest BCUT2D eigenvalue weighted by molar-refractivity contribution is -0.125. The molecule has 1 aromatic heterocycles. The Morgan fingerprint density at radius 1 is 1.08 bits per heavy atom. The number of aromatic nitrogens is 1. The molecule has 1 aliphatic heterocycles. The molecule has 2 heterocycles. The van der Waals surface area contributed by atoms with Crippen LogP contribution in [0.15, 0.2) is 53.5 Å². The number of carbonyl (C=O) groups is 2. The summed E-state index contributed by atoms with van der Waals surface area (Å²) in [6.45, 7) is 5.86. The molecule has 3 N–H and O–H groups in total. The Balaban J connectivity index is 1.57. The molecule has 190 valence electrons. The van der Waals surface area contributed by atoms with Crippen LogP contribution in [-0.2, 0) is 17.8 Å². The fourth-order valence-corrected chi connectivity index (χ4v) is 4.31. The van der Waals surface area contributed by atoms with Crippen LogP contribution in [0.5, 0.6) is 11.5 Å². The predicted octanol–water partition coefficient (Wildman–Crippen LogP) is 2.22. The Hall–Kier alpha value is -3.85. The van der Waals surface area contributed by atoms with E-state index in [0.29, 0.717) is 35.4 Å². The monoisotopic (exact) mass is 493 g/mol. The number of nitrogens with one attached hydrogen (secondary N) is 2. The number of aryl methyl sites for hydroxylation is 1. The van der Waals surface area contributed by atoms with Gasteiger partial charge in [0.2, 0.25) is 18.1 Å². The molecule has 36 heavy (non-hydrogen) atoms. The van der Waals surface area contributed by atoms with E-state index in [-0.39, 0.29) is 24.9 Å². The van der Waals surface area contributed by atoms with Gasteiger partial charge in [-0.15, -0.1) is 0 Å². The molecule has 0 saturated heterocycles. The second-order valence-electron chi connectivity index (χ2n) is 9.15. The SMILES string of the molecule is CCn1cc(C(=O)N[C@H](C(=O)N[C@H](CO)Cc2ccccc2)C(C)C)c(=O)c2cc3c(cc21)OCO3. The van der Waals surface area contributed by atoms with Crippen molar-refractivity contribution >= 4 is 22.7 Å². The molecule has 2 amide bonds. The Morgan fingerprint density at radius 3 is 2.42 bits per heavy atom. The minimum absolute atomic E-state index is 0.0651. The van der Waals surface area contributed by atoms with Gasteiger partial charge in [-0.2, -0.15) is 0 Å². The van der Waals surface area contributed by atoms with Crippen LogP contribution in [0.1, 0.15) is 36.7 Å². The molecular formula is C27H31N3O6. The summed E-state index contributed by atoms with van der Waals surface area (Å²) in [6, 6.07) is 11.4. The average Bonchev–Trinajstić information content (AvgIpc) is 3.34. The van der Waals surface area contributed by atoms with Crippen LogP contribution in [0, 0.1) is 5.92 Å². The fraction of sp³-hybridized carbons (Fsp3) is 0.370. The largest absolute Gasteiger partial charge is 0.454 e. The summed E-state index contributed by atoms with van der Waals surface area (Å²) >= 11 is 0. The van der Waals surface area contributed by atoms with E-state index in [1.807, 2.05) is 37.3 Å². The van der Waals surface area contributed by atoms with Gasteiger partial charge in [-0.25, -0.2) is 0 Å². The number of benzene rings is 2. The lowest BCUT2D eigenvalue weighted by Gasteiger charge is -2.25. The van der Waals surface area contributed by atoms with Crippen molar-refractivity contribution in [3.63, 3.8) is 0 Å². The first kappa shape index (κ1) is 25.2. The smallest absolute Gasteiger partial charge is 0.257 e. The van der Waals surface area contributed by atoms with Gasteiger partial charge < -0.3 is 29.8 Å². The number of ether oxygens (including phenoxy) is 2. The third kappa shape index (κ3) is 5.21. The number of pyridine rings is 1. The molecule has 9 heteroatoms. The lowest BCUT2D eigenvalue weighted by atomic mass is 10.0. The topological polar surface area (TPSA) is 119 Å². The number of nitrogens with zero attached hydrogens (tertiary/aromatic N) is 1. The van der Waals surface area contributed by atoms with E-state index < -0.39 is 29.3 Å². The van der Waals surface area contributed by atoms with Crippen LogP contribution in [0.25, 0.3) is 10.9 Å². The maximum atomic E-state index is 13.3. The second kappa shape index (κ2) is 10.8. The molecule has 1 aliphatic rings. The first-order valence-corrected chi connectivity index (χ1v) is 12.0. The second-order valence-corrected chi connectivity index (χ2v) is 9.15. The summed E-state index contributed by atoms with van der Waals surface area (Å²) in [6.07, 6.45) is 1.95. The van der Waals surface area contributed by atoms with Crippen LogP contribution in [0.4, 0.5) is 0 Å². The summed E-state index contributed by atoms with van der Waals surface area (Å²) < 4.78 is 12.6. The number of rotatable bonds is 9. The van der Waals surface area contributed by atoms with Crippen molar-refractivity contribution in [1.82, 2.24) is 15.2 Å². The number of aliphatic hydroxyl groups is 1. The Kier molecular flexibility index (Phi) is 7.59. The highest BCUT2D eigenvalue weighted by molar-refractivity contribution is 6.00. The van der Waals surface area contributed by atoms with E-state index in [9.17, 15) is 19.5 Å². The number of aliphatic hydroxyl groups excluding tert-OH is 1. The first-order chi connectivity index (χ1) is 17.3. The molecule has 2 atom stereocenters. The van der Waals surface area contributed by atoms with E-state index in [1.165, 1.54) is 6.20 Å². The zero-order chi connectivity index (χ0) is 25.8. The number of carbonyl (C=O) groups excluding carboxylic acids is 2. The number of hydrogen-bond donors (Lipinski definition) is 3. The van der Waals surface area contributed by atoms with Gasteiger partial charge in [0.25, 0.3) is 5.91 Å².